The molecule has 1 unspecified atom stereocenters. The van der Waals surface area contributed by atoms with E-state index in [0.717, 1.165) is 16.3 Å². The number of carbonyl (C=O) groups is 2. The zero-order valence-corrected chi connectivity index (χ0v) is 17.0. The largest absolute Gasteiger partial charge is 0.444 e. The number of amides is 2. The fourth-order valence-corrected chi connectivity index (χ4v) is 2.98. The highest BCUT2D eigenvalue weighted by Gasteiger charge is 2.28. The Morgan fingerprint density at radius 2 is 1.56 bits per heavy atom. The quantitative estimate of drug-likeness (QED) is 0.810. The molecule has 0 fully saturated rings. The summed E-state index contributed by atoms with van der Waals surface area (Å²) in [7, 11) is 0. The van der Waals surface area contributed by atoms with E-state index in [4.69, 9.17) is 4.74 Å². The van der Waals surface area contributed by atoms with Crippen LogP contribution in [-0.4, -0.2) is 23.6 Å². The Balaban J connectivity index is 2.13. The number of fused-ring (bicyclic) bond motifs is 1. The molecule has 2 N–H and O–H groups in total. The second-order valence-corrected chi connectivity index (χ2v) is 8.17. The molecule has 0 aliphatic heterocycles. The molecular formula is C22H30N2O3. The number of alkyl carbamates (subject to hydrolysis) is 1. The fourth-order valence-electron chi connectivity index (χ4n) is 2.98. The van der Waals surface area contributed by atoms with Gasteiger partial charge in [0.15, 0.2) is 0 Å². The van der Waals surface area contributed by atoms with Crippen molar-refractivity contribution in [2.75, 3.05) is 0 Å². The minimum Gasteiger partial charge on any atom is -0.444 e. The molecule has 0 radical (unpaired) electrons. The van der Waals surface area contributed by atoms with E-state index < -0.39 is 17.7 Å². The topological polar surface area (TPSA) is 67.4 Å². The molecule has 0 aliphatic rings. The highest BCUT2D eigenvalue weighted by Crippen LogP contribution is 2.24. The van der Waals surface area contributed by atoms with Gasteiger partial charge >= 0.3 is 6.09 Å². The SMILES string of the molecule is CC(NC(=O)[C@H](NC(=O)OC(C)(C)C)C(C)C)c1cccc2ccccc12. The summed E-state index contributed by atoms with van der Waals surface area (Å²) < 4.78 is 5.29. The Morgan fingerprint density at radius 1 is 0.926 bits per heavy atom. The minimum absolute atomic E-state index is 0.0720. The van der Waals surface area contributed by atoms with Crippen molar-refractivity contribution in [2.24, 2.45) is 5.92 Å². The van der Waals surface area contributed by atoms with Crippen LogP contribution in [0.1, 0.15) is 53.1 Å². The van der Waals surface area contributed by atoms with Crippen LogP contribution in [0.15, 0.2) is 42.5 Å². The first kappa shape index (κ1) is 20.7. The van der Waals surface area contributed by atoms with Crippen molar-refractivity contribution >= 4 is 22.8 Å². The summed E-state index contributed by atoms with van der Waals surface area (Å²) in [6, 6.07) is 13.3. The van der Waals surface area contributed by atoms with Gasteiger partial charge in [0.25, 0.3) is 0 Å². The van der Waals surface area contributed by atoms with Crippen molar-refractivity contribution in [3.63, 3.8) is 0 Å². The van der Waals surface area contributed by atoms with Gasteiger partial charge in [-0.15, -0.1) is 0 Å². The van der Waals surface area contributed by atoms with Crippen LogP contribution < -0.4 is 10.6 Å². The Hall–Kier alpha value is -2.56. The van der Waals surface area contributed by atoms with Crippen molar-refractivity contribution in [2.45, 2.75) is 59.2 Å². The molecule has 0 bridgehead atoms. The van der Waals surface area contributed by atoms with Gasteiger partial charge in [0.2, 0.25) is 5.91 Å². The molecule has 0 spiro atoms. The lowest BCUT2D eigenvalue weighted by Gasteiger charge is -2.26. The molecular weight excluding hydrogens is 340 g/mol. The van der Waals surface area contributed by atoms with E-state index in [-0.39, 0.29) is 17.9 Å². The zero-order chi connectivity index (χ0) is 20.2. The number of hydrogen-bond acceptors (Lipinski definition) is 3. The van der Waals surface area contributed by atoms with E-state index in [1.54, 1.807) is 20.8 Å². The van der Waals surface area contributed by atoms with Gasteiger partial charge in [0.1, 0.15) is 11.6 Å². The number of hydrogen-bond donors (Lipinski definition) is 2. The van der Waals surface area contributed by atoms with Crippen LogP contribution in [0.2, 0.25) is 0 Å². The average molecular weight is 370 g/mol. The minimum atomic E-state index is -0.669. The summed E-state index contributed by atoms with van der Waals surface area (Å²) in [5.74, 6) is -0.298. The van der Waals surface area contributed by atoms with Gasteiger partial charge < -0.3 is 15.4 Å². The maximum absolute atomic E-state index is 12.8. The first-order chi connectivity index (χ1) is 12.6. The zero-order valence-electron chi connectivity index (χ0n) is 17.0. The number of rotatable bonds is 5. The van der Waals surface area contributed by atoms with Crippen LogP contribution >= 0.6 is 0 Å². The molecule has 2 atom stereocenters. The van der Waals surface area contributed by atoms with Crippen LogP contribution in [0.4, 0.5) is 4.79 Å². The van der Waals surface area contributed by atoms with Crippen LogP contribution in [0.25, 0.3) is 10.8 Å². The first-order valence-corrected chi connectivity index (χ1v) is 9.36. The van der Waals surface area contributed by atoms with E-state index in [1.165, 1.54) is 0 Å². The van der Waals surface area contributed by atoms with Gasteiger partial charge in [-0.25, -0.2) is 4.79 Å². The maximum Gasteiger partial charge on any atom is 0.408 e. The van der Waals surface area contributed by atoms with E-state index in [9.17, 15) is 9.59 Å². The van der Waals surface area contributed by atoms with E-state index in [1.807, 2.05) is 63.2 Å². The third kappa shape index (κ3) is 5.71. The van der Waals surface area contributed by atoms with Crippen molar-refractivity contribution in [3.05, 3.63) is 48.0 Å². The summed E-state index contributed by atoms with van der Waals surface area (Å²) in [5, 5.41) is 7.96. The summed E-state index contributed by atoms with van der Waals surface area (Å²) in [4.78, 5) is 24.9. The second-order valence-electron chi connectivity index (χ2n) is 8.17. The Kier molecular flexibility index (Phi) is 6.47. The monoisotopic (exact) mass is 370 g/mol. The number of ether oxygens (including phenoxy) is 1. The Labute approximate surface area is 161 Å². The molecule has 2 aromatic carbocycles. The predicted octanol–water partition coefficient (Wildman–Crippen LogP) is 4.57. The van der Waals surface area contributed by atoms with Crippen molar-refractivity contribution < 1.29 is 14.3 Å². The molecule has 0 aliphatic carbocycles. The molecule has 0 aromatic heterocycles. The van der Waals surface area contributed by atoms with Gasteiger partial charge in [-0.2, -0.15) is 0 Å². The number of nitrogens with one attached hydrogen (secondary N) is 2. The van der Waals surface area contributed by atoms with Crippen LogP contribution in [0.3, 0.4) is 0 Å². The Morgan fingerprint density at radius 3 is 2.19 bits per heavy atom. The van der Waals surface area contributed by atoms with Gasteiger partial charge in [-0.1, -0.05) is 56.3 Å². The summed E-state index contributed by atoms with van der Waals surface area (Å²) in [6.45, 7) is 11.1. The number of benzene rings is 2. The second kappa shape index (κ2) is 8.42. The van der Waals surface area contributed by atoms with E-state index in [2.05, 4.69) is 10.6 Å². The van der Waals surface area contributed by atoms with Crippen LogP contribution in [0.5, 0.6) is 0 Å². The molecule has 2 aromatic rings. The molecule has 5 nitrogen and oxygen atoms in total. The van der Waals surface area contributed by atoms with E-state index >= 15 is 0 Å². The normalized spacial score (nSPS) is 13.9. The van der Waals surface area contributed by atoms with Gasteiger partial charge in [0.05, 0.1) is 6.04 Å². The van der Waals surface area contributed by atoms with Gasteiger partial charge in [-0.3, -0.25) is 4.79 Å². The third-order valence-electron chi connectivity index (χ3n) is 4.27. The van der Waals surface area contributed by atoms with Crippen molar-refractivity contribution in [3.8, 4) is 0 Å². The molecule has 2 rings (SSSR count). The van der Waals surface area contributed by atoms with E-state index in [0.29, 0.717) is 0 Å². The van der Waals surface area contributed by atoms with Gasteiger partial charge in [-0.05, 0) is 49.9 Å². The molecule has 2 amide bonds. The maximum atomic E-state index is 12.8. The smallest absolute Gasteiger partial charge is 0.408 e. The molecule has 5 heteroatoms. The summed E-state index contributed by atoms with van der Waals surface area (Å²) in [5.41, 5.74) is 0.430. The first-order valence-electron chi connectivity index (χ1n) is 9.36. The molecule has 146 valence electrons. The van der Waals surface area contributed by atoms with Crippen molar-refractivity contribution in [1.82, 2.24) is 10.6 Å². The molecule has 27 heavy (non-hydrogen) atoms. The number of carbonyl (C=O) groups excluding carboxylic acids is 2. The fraction of sp³-hybridized carbons (Fsp3) is 0.455. The standard InChI is InChI=1S/C22H30N2O3/c1-14(2)19(24-21(26)27-22(4,5)6)20(25)23-15(3)17-13-9-11-16-10-7-8-12-18(16)17/h7-15,19H,1-6H3,(H,23,25)(H,24,26)/t15?,19-/m1/s1. The highest BCUT2D eigenvalue weighted by atomic mass is 16.6. The summed E-state index contributed by atoms with van der Waals surface area (Å²) in [6.07, 6.45) is -0.589. The average Bonchev–Trinajstić information content (AvgIpc) is 2.57. The lowest BCUT2D eigenvalue weighted by molar-refractivity contribution is -0.124. The summed E-state index contributed by atoms with van der Waals surface area (Å²) >= 11 is 0. The third-order valence-corrected chi connectivity index (χ3v) is 4.27. The Bertz CT molecular complexity index is 803. The van der Waals surface area contributed by atoms with Gasteiger partial charge in [0, 0.05) is 0 Å². The molecule has 0 saturated carbocycles. The van der Waals surface area contributed by atoms with Crippen molar-refractivity contribution in [1.29, 1.82) is 0 Å². The lowest BCUT2D eigenvalue weighted by Crippen LogP contribution is -2.51. The van der Waals surface area contributed by atoms with Crippen LogP contribution in [0, 0.1) is 5.92 Å². The van der Waals surface area contributed by atoms with Crippen LogP contribution in [-0.2, 0) is 9.53 Å². The molecule has 0 saturated heterocycles. The molecule has 0 heterocycles. The predicted molar refractivity (Wildman–Crippen MR) is 109 cm³/mol. The lowest BCUT2D eigenvalue weighted by atomic mass is 9.98. The highest BCUT2D eigenvalue weighted by molar-refractivity contribution is 5.89.